The van der Waals surface area contributed by atoms with Gasteiger partial charge in [0.25, 0.3) is 0 Å². The standard InChI is InChI=1S/C14H24N4O3/c1-3-6-15-12-11(20-2)13(18-10-17-12)16-9-14(19)4-7-21-8-5-14/h10,19H,3-9H2,1-2H3,(H2,15,16,17,18). The van der Waals surface area contributed by atoms with Gasteiger partial charge in [-0.3, -0.25) is 0 Å². The lowest BCUT2D eigenvalue weighted by molar-refractivity contribution is -0.0544. The van der Waals surface area contributed by atoms with Crippen molar-refractivity contribution in [2.24, 2.45) is 0 Å². The lowest BCUT2D eigenvalue weighted by Gasteiger charge is -2.32. The summed E-state index contributed by atoms with van der Waals surface area (Å²) in [6.07, 6.45) is 3.72. The highest BCUT2D eigenvalue weighted by atomic mass is 16.5. The Kier molecular flexibility index (Phi) is 5.58. The number of anilines is 2. The van der Waals surface area contributed by atoms with Crippen LogP contribution in [-0.4, -0.2) is 54.1 Å². The average Bonchev–Trinajstić information content (AvgIpc) is 2.51. The Balaban J connectivity index is 2.04. The van der Waals surface area contributed by atoms with Crippen molar-refractivity contribution in [3.63, 3.8) is 0 Å². The smallest absolute Gasteiger partial charge is 0.204 e. The first-order valence-corrected chi connectivity index (χ1v) is 7.35. The van der Waals surface area contributed by atoms with Gasteiger partial charge in [0.05, 0.1) is 12.7 Å². The summed E-state index contributed by atoms with van der Waals surface area (Å²) in [6, 6.07) is 0. The molecule has 0 bridgehead atoms. The lowest BCUT2D eigenvalue weighted by atomic mass is 9.94. The van der Waals surface area contributed by atoms with Crippen molar-refractivity contribution < 1.29 is 14.6 Å². The molecule has 0 spiro atoms. The molecule has 1 aromatic rings. The molecule has 7 heteroatoms. The van der Waals surface area contributed by atoms with Crippen molar-refractivity contribution in [2.75, 3.05) is 44.0 Å². The van der Waals surface area contributed by atoms with Crippen molar-refractivity contribution in [3.8, 4) is 5.75 Å². The van der Waals surface area contributed by atoms with E-state index in [9.17, 15) is 5.11 Å². The highest BCUT2D eigenvalue weighted by Gasteiger charge is 2.30. The minimum absolute atomic E-state index is 0.414. The van der Waals surface area contributed by atoms with Crippen LogP contribution < -0.4 is 15.4 Å². The molecule has 3 N–H and O–H groups in total. The van der Waals surface area contributed by atoms with Crippen LogP contribution in [0.3, 0.4) is 0 Å². The number of methoxy groups -OCH3 is 1. The van der Waals surface area contributed by atoms with Gasteiger partial charge in [0.1, 0.15) is 6.33 Å². The van der Waals surface area contributed by atoms with Gasteiger partial charge in [-0.05, 0) is 6.42 Å². The zero-order valence-corrected chi connectivity index (χ0v) is 12.7. The van der Waals surface area contributed by atoms with Gasteiger partial charge in [-0.1, -0.05) is 6.92 Å². The van der Waals surface area contributed by atoms with Gasteiger partial charge in [0.2, 0.25) is 5.75 Å². The summed E-state index contributed by atoms with van der Waals surface area (Å²) < 4.78 is 10.7. The summed E-state index contributed by atoms with van der Waals surface area (Å²) in [4.78, 5) is 8.39. The average molecular weight is 296 g/mol. The van der Waals surface area contributed by atoms with E-state index in [2.05, 4.69) is 27.5 Å². The molecular weight excluding hydrogens is 272 g/mol. The van der Waals surface area contributed by atoms with Gasteiger partial charge in [0.15, 0.2) is 11.6 Å². The Labute approximate surface area is 125 Å². The zero-order chi connectivity index (χ0) is 15.1. The summed E-state index contributed by atoms with van der Waals surface area (Å²) >= 11 is 0. The molecule has 1 saturated heterocycles. The molecule has 0 atom stereocenters. The molecule has 0 saturated carbocycles. The molecule has 0 amide bonds. The van der Waals surface area contributed by atoms with Gasteiger partial charge < -0.3 is 25.2 Å². The van der Waals surface area contributed by atoms with Crippen LogP contribution in [0, 0.1) is 0 Å². The third kappa shape index (κ3) is 4.18. The van der Waals surface area contributed by atoms with Crippen LogP contribution in [0.5, 0.6) is 5.75 Å². The van der Waals surface area contributed by atoms with E-state index in [-0.39, 0.29) is 0 Å². The highest BCUT2D eigenvalue weighted by molar-refractivity contribution is 5.63. The molecule has 0 aromatic carbocycles. The van der Waals surface area contributed by atoms with Crippen LogP contribution in [0.1, 0.15) is 26.2 Å². The van der Waals surface area contributed by atoms with Gasteiger partial charge in [-0.25, -0.2) is 9.97 Å². The summed E-state index contributed by atoms with van der Waals surface area (Å²) in [5, 5.41) is 16.8. The van der Waals surface area contributed by atoms with E-state index in [4.69, 9.17) is 9.47 Å². The second kappa shape index (κ2) is 7.42. The fourth-order valence-electron chi connectivity index (χ4n) is 2.24. The maximum Gasteiger partial charge on any atom is 0.204 e. The Morgan fingerprint density at radius 2 is 1.95 bits per heavy atom. The van der Waals surface area contributed by atoms with E-state index < -0.39 is 5.60 Å². The predicted octanol–water partition coefficient (Wildman–Crippen LogP) is 1.26. The monoisotopic (exact) mass is 296 g/mol. The molecule has 1 aliphatic heterocycles. The van der Waals surface area contributed by atoms with E-state index in [1.54, 1.807) is 7.11 Å². The van der Waals surface area contributed by atoms with Crippen molar-refractivity contribution in [3.05, 3.63) is 6.33 Å². The van der Waals surface area contributed by atoms with E-state index in [1.807, 2.05) is 0 Å². The van der Waals surface area contributed by atoms with Gasteiger partial charge in [-0.15, -0.1) is 0 Å². The van der Waals surface area contributed by atoms with Crippen molar-refractivity contribution in [1.29, 1.82) is 0 Å². The topological polar surface area (TPSA) is 88.5 Å². The van der Waals surface area contributed by atoms with Crippen LogP contribution in [-0.2, 0) is 4.74 Å². The summed E-state index contributed by atoms with van der Waals surface area (Å²) in [6.45, 7) is 4.48. The third-order valence-electron chi connectivity index (χ3n) is 3.56. The number of aliphatic hydroxyl groups is 1. The Morgan fingerprint density at radius 1 is 1.29 bits per heavy atom. The molecule has 118 valence electrons. The minimum atomic E-state index is -0.759. The van der Waals surface area contributed by atoms with Gasteiger partial charge in [0, 0.05) is 39.1 Å². The summed E-state index contributed by atoms with van der Waals surface area (Å²) in [7, 11) is 1.59. The van der Waals surface area contributed by atoms with E-state index in [0.717, 1.165) is 13.0 Å². The molecule has 2 rings (SSSR count). The molecular formula is C14H24N4O3. The Morgan fingerprint density at radius 3 is 2.57 bits per heavy atom. The molecule has 21 heavy (non-hydrogen) atoms. The van der Waals surface area contributed by atoms with Gasteiger partial charge >= 0.3 is 0 Å². The van der Waals surface area contributed by atoms with E-state index in [0.29, 0.717) is 50.0 Å². The van der Waals surface area contributed by atoms with E-state index in [1.165, 1.54) is 6.33 Å². The molecule has 1 aromatic heterocycles. The third-order valence-corrected chi connectivity index (χ3v) is 3.56. The fourth-order valence-corrected chi connectivity index (χ4v) is 2.24. The lowest BCUT2D eigenvalue weighted by Crippen LogP contribution is -2.42. The number of nitrogens with zero attached hydrogens (tertiary/aromatic N) is 2. The maximum atomic E-state index is 10.5. The molecule has 0 unspecified atom stereocenters. The molecule has 0 aliphatic carbocycles. The number of ether oxygens (including phenoxy) is 2. The first kappa shape index (κ1) is 15.8. The van der Waals surface area contributed by atoms with E-state index >= 15 is 0 Å². The Hall–Kier alpha value is -1.60. The fraction of sp³-hybridized carbons (Fsp3) is 0.714. The predicted molar refractivity (Wildman–Crippen MR) is 80.9 cm³/mol. The first-order valence-electron chi connectivity index (χ1n) is 7.35. The second-order valence-corrected chi connectivity index (χ2v) is 5.22. The molecule has 0 radical (unpaired) electrons. The minimum Gasteiger partial charge on any atom is -0.490 e. The number of rotatable bonds is 7. The van der Waals surface area contributed by atoms with Gasteiger partial charge in [-0.2, -0.15) is 0 Å². The van der Waals surface area contributed by atoms with Crippen LogP contribution in [0.15, 0.2) is 6.33 Å². The van der Waals surface area contributed by atoms with Crippen molar-refractivity contribution in [1.82, 2.24) is 9.97 Å². The molecule has 1 aliphatic rings. The van der Waals surface area contributed by atoms with Crippen LogP contribution in [0.2, 0.25) is 0 Å². The number of aromatic nitrogens is 2. The normalized spacial score (nSPS) is 17.3. The highest BCUT2D eigenvalue weighted by Crippen LogP contribution is 2.30. The quantitative estimate of drug-likeness (QED) is 0.698. The second-order valence-electron chi connectivity index (χ2n) is 5.22. The zero-order valence-electron chi connectivity index (χ0n) is 12.7. The van der Waals surface area contributed by atoms with Crippen LogP contribution in [0.25, 0.3) is 0 Å². The van der Waals surface area contributed by atoms with Crippen LogP contribution >= 0.6 is 0 Å². The SMILES string of the molecule is CCCNc1ncnc(NCC2(O)CCOCC2)c1OC. The summed E-state index contributed by atoms with van der Waals surface area (Å²) in [5.74, 6) is 1.82. The van der Waals surface area contributed by atoms with Crippen molar-refractivity contribution >= 4 is 11.6 Å². The molecule has 7 nitrogen and oxygen atoms in total. The number of hydrogen-bond acceptors (Lipinski definition) is 7. The molecule has 1 fully saturated rings. The summed E-state index contributed by atoms with van der Waals surface area (Å²) in [5.41, 5.74) is -0.759. The van der Waals surface area contributed by atoms with Crippen LogP contribution in [0.4, 0.5) is 11.6 Å². The van der Waals surface area contributed by atoms with Crippen molar-refractivity contribution in [2.45, 2.75) is 31.8 Å². The number of nitrogens with one attached hydrogen (secondary N) is 2. The maximum absolute atomic E-state index is 10.5. The Bertz CT molecular complexity index is 450. The first-order chi connectivity index (χ1) is 10.2. The largest absolute Gasteiger partial charge is 0.490 e. The number of hydrogen-bond donors (Lipinski definition) is 3. The molecule has 2 heterocycles.